The summed E-state index contributed by atoms with van der Waals surface area (Å²) >= 11 is 7.85. The van der Waals surface area contributed by atoms with E-state index in [9.17, 15) is 0 Å². The van der Waals surface area contributed by atoms with Crippen molar-refractivity contribution in [2.45, 2.75) is 25.9 Å². The summed E-state index contributed by atoms with van der Waals surface area (Å²) in [4.78, 5) is 0. The first-order chi connectivity index (χ1) is 9.19. The number of benzene rings is 1. The Labute approximate surface area is 123 Å². The maximum Gasteiger partial charge on any atom is 0.137 e. The minimum atomic E-state index is 0.440. The number of thiophene rings is 1. The molecule has 1 aromatic heterocycles. The van der Waals surface area contributed by atoms with Crippen molar-refractivity contribution in [3.8, 4) is 5.75 Å². The lowest BCUT2D eigenvalue weighted by Crippen LogP contribution is -2.27. The first kappa shape index (κ1) is 14.4. The summed E-state index contributed by atoms with van der Waals surface area (Å²) in [5.41, 5.74) is 2.56. The molecule has 0 fully saturated rings. The van der Waals surface area contributed by atoms with Crippen molar-refractivity contribution in [2.24, 2.45) is 0 Å². The fraction of sp³-hybridized carbons (Fsp3) is 0.333. The fourth-order valence-electron chi connectivity index (χ4n) is 1.95. The van der Waals surface area contributed by atoms with Gasteiger partial charge in [0.05, 0.1) is 12.1 Å². The van der Waals surface area contributed by atoms with Crippen molar-refractivity contribution in [3.63, 3.8) is 0 Å². The van der Waals surface area contributed by atoms with Gasteiger partial charge in [0.15, 0.2) is 0 Å². The van der Waals surface area contributed by atoms with E-state index in [1.54, 1.807) is 18.4 Å². The summed E-state index contributed by atoms with van der Waals surface area (Å²) in [7, 11) is 1.63. The van der Waals surface area contributed by atoms with Crippen LogP contribution in [0.25, 0.3) is 0 Å². The zero-order valence-electron chi connectivity index (χ0n) is 11.2. The molecule has 1 atom stereocenters. The maximum atomic E-state index is 6.11. The Morgan fingerprint density at radius 2 is 2.16 bits per heavy atom. The highest BCUT2D eigenvalue weighted by molar-refractivity contribution is 7.07. The Morgan fingerprint density at radius 1 is 1.32 bits per heavy atom. The van der Waals surface area contributed by atoms with Crippen molar-refractivity contribution in [3.05, 3.63) is 51.2 Å². The molecular formula is C15H18ClNOS. The van der Waals surface area contributed by atoms with Crippen molar-refractivity contribution < 1.29 is 4.74 Å². The molecule has 1 aromatic carbocycles. The minimum absolute atomic E-state index is 0.440. The van der Waals surface area contributed by atoms with Crippen molar-refractivity contribution in [1.29, 1.82) is 0 Å². The van der Waals surface area contributed by atoms with Gasteiger partial charge in [-0.1, -0.05) is 17.7 Å². The molecule has 0 spiro atoms. The van der Waals surface area contributed by atoms with E-state index < -0.39 is 0 Å². The maximum absolute atomic E-state index is 6.11. The largest absolute Gasteiger partial charge is 0.495 e. The number of rotatable bonds is 6. The molecule has 102 valence electrons. The molecule has 0 bridgehead atoms. The third-order valence-electron chi connectivity index (χ3n) is 2.99. The Hall–Kier alpha value is -1.03. The van der Waals surface area contributed by atoms with Crippen LogP contribution in [0.2, 0.25) is 5.02 Å². The Bertz CT molecular complexity index is 513. The van der Waals surface area contributed by atoms with Crippen LogP contribution in [0.3, 0.4) is 0 Å². The SMILES string of the molecule is COc1ccc(CNC(C)Cc2ccsc2)cc1Cl. The van der Waals surface area contributed by atoms with Gasteiger partial charge < -0.3 is 10.1 Å². The highest BCUT2D eigenvalue weighted by Crippen LogP contribution is 2.24. The van der Waals surface area contributed by atoms with Gasteiger partial charge in [-0.2, -0.15) is 11.3 Å². The third kappa shape index (κ3) is 4.23. The topological polar surface area (TPSA) is 21.3 Å². The first-order valence-corrected chi connectivity index (χ1v) is 7.58. The summed E-state index contributed by atoms with van der Waals surface area (Å²) < 4.78 is 5.14. The van der Waals surface area contributed by atoms with Crippen LogP contribution < -0.4 is 10.1 Å². The molecule has 0 aliphatic rings. The molecule has 1 unspecified atom stereocenters. The first-order valence-electron chi connectivity index (χ1n) is 6.26. The Kier molecular flexibility index (Phi) is 5.25. The van der Waals surface area contributed by atoms with E-state index in [1.165, 1.54) is 11.1 Å². The number of hydrogen-bond donors (Lipinski definition) is 1. The van der Waals surface area contributed by atoms with Gasteiger partial charge in [-0.3, -0.25) is 0 Å². The number of ether oxygens (including phenoxy) is 1. The highest BCUT2D eigenvalue weighted by atomic mass is 35.5. The second-order valence-electron chi connectivity index (χ2n) is 4.59. The zero-order chi connectivity index (χ0) is 13.7. The van der Waals surface area contributed by atoms with E-state index in [1.807, 2.05) is 18.2 Å². The normalized spacial score (nSPS) is 12.4. The summed E-state index contributed by atoms with van der Waals surface area (Å²) in [5, 5.41) is 8.48. The van der Waals surface area contributed by atoms with E-state index in [0.717, 1.165) is 18.7 Å². The molecule has 0 aliphatic carbocycles. The molecule has 1 heterocycles. The number of methoxy groups -OCH3 is 1. The van der Waals surface area contributed by atoms with Crippen LogP contribution in [0.15, 0.2) is 35.0 Å². The van der Waals surface area contributed by atoms with E-state index >= 15 is 0 Å². The second kappa shape index (κ2) is 6.94. The molecular weight excluding hydrogens is 278 g/mol. The monoisotopic (exact) mass is 295 g/mol. The van der Waals surface area contributed by atoms with E-state index in [4.69, 9.17) is 16.3 Å². The fourth-order valence-corrected chi connectivity index (χ4v) is 2.91. The average Bonchev–Trinajstić information content (AvgIpc) is 2.89. The van der Waals surface area contributed by atoms with Gasteiger partial charge in [-0.05, 0) is 53.4 Å². The van der Waals surface area contributed by atoms with Crippen LogP contribution in [-0.4, -0.2) is 13.2 Å². The van der Waals surface area contributed by atoms with Crippen LogP contribution >= 0.6 is 22.9 Å². The predicted molar refractivity (Wildman–Crippen MR) is 82.3 cm³/mol. The Morgan fingerprint density at radius 3 is 2.79 bits per heavy atom. The zero-order valence-corrected chi connectivity index (χ0v) is 12.7. The van der Waals surface area contributed by atoms with Gasteiger partial charge in [-0.15, -0.1) is 0 Å². The van der Waals surface area contributed by atoms with Crippen LogP contribution in [0.4, 0.5) is 0 Å². The molecule has 4 heteroatoms. The molecule has 2 aromatic rings. The minimum Gasteiger partial charge on any atom is -0.495 e. The third-order valence-corrected chi connectivity index (χ3v) is 4.02. The lowest BCUT2D eigenvalue weighted by Gasteiger charge is -2.13. The number of halogens is 1. The van der Waals surface area contributed by atoms with Crippen LogP contribution in [0, 0.1) is 0 Å². The standard InChI is InChI=1S/C15H18ClNOS/c1-11(7-13-5-6-19-10-13)17-9-12-3-4-15(18-2)14(16)8-12/h3-6,8,10-11,17H,7,9H2,1-2H3. The number of nitrogens with one attached hydrogen (secondary N) is 1. The lowest BCUT2D eigenvalue weighted by atomic mass is 10.1. The van der Waals surface area contributed by atoms with Crippen LogP contribution in [0.1, 0.15) is 18.1 Å². The molecule has 0 amide bonds. The van der Waals surface area contributed by atoms with E-state index in [-0.39, 0.29) is 0 Å². The molecule has 0 saturated carbocycles. The second-order valence-corrected chi connectivity index (χ2v) is 5.77. The van der Waals surface area contributed by atoms with Crippen molar-refractivity contribution in [1.82, 2.24) is 5.32 Å². The summed E-state index contributed by atoms with van der Waals surface area (Å²) in [6, 6.07) is 8.51. The number of hydrogen-bond acceptors (Lipinski definition) is 3. The van der Waals surface area contributed by atoms with Gasteiger partial charge in [0, 0.05) is 12.6 Å². The molecule has 2 rings (SSSR count). The van der Waals surface area contributed by atoms with Crippen LogP contribution in [0.5, 0.6) is 5.75 Å². The van der Waals surface area contributed by atoms with E-state index in [2.05, 4.69) is 29.1 Å². The van der Waals surface area contributed by atoms with Gasteiger partial charge >= 0.3 is 0 Å². The molecule has 0 aliphatic heterocycles. The molecule has 1 N–H and O–H groups in total. The molecule has 0 radical (unpaired) electrons. The van der Waals surface area contributed by atoms with Gasteiger partial charge in [-0.25, -0.2) is 0 Å². The predicted octanol–water partition coefficient (Wildman–Crippen LogP) is 4.13. The summed E-state index contributed by atoms with van der Waals surface area (Å²) in [6.07, 6.45) is 1.05. The summed E-state index contributed by atoms with van der Waals surface area (Å²) in [6.45, 7) is 3.01. The van der Waals surface area contributed by atoms with Crippen molar-refractivity contribution in [2.75, 3.05) is 7.11 Å². The smallest absolute Gasteiger partial charge is 0.137 e. The van der Waals surface area contributed by atoms with Crippen molar-refractivity contribution >= 4 is 22.9 Å². The van der Waals surface area contributed by atoms with E-state index in [0.29, 0.717) is 11.1 Å². The molecule has 2 nitrogen and oxygen atoms in total. The lowest BCUT2D eigenvalue weighted by molar-refractivity contribution is 0.414. The molecule has 0 saturated heterocycles. The summed E-state index contributed by atoms with van der Waals surface area (Å²) in [5.74, 6) is 0.719. The van der Waals surface area contributed by atoms with Gasteiger partial charge in [0.2, 0.25) is 0 Å². The Balaban J connectivity index is 1.86. The average molecular weight is 296 g/mol. The van der Waals surface area contributed by atoms with Crippen LogP contribution in [-0.2, 0) is 13.0 Å². The van der Waals surface area contributed by atoms with Gasteiger partial charge in [0.25, 0.3) is 0 Å². The van der Waals surface area contributed by atoms with Gasteiger partial charge in [0.1, 0.15) is 5.75 Å². The quantitative estimate of drug-likeness (QED) is 0.865. The highest BCUT2D eigenvalue weighted by Gasteiger charge is 2.05. The molecule has 19 heavy (non-hydrogen) atoms.